The molecule has 0 saturated heterocycles. The molecule has 1 N–H and O–H groups in total. The fraction of sp³-hybridized carbons (Fsp3) is 0.429. The van der Waals surface area contributed by atoms with Crippen LogP contribution >= 0.6 is 15.9 Å². The largest absolute Gasteiger partial charge is 0.477 e. The Kier molecular flexibility index (Phi) is 2.86. The van der Waals surface area contributed by atoms with E-state index in [4.69, 9.17) is 10.1 Å². The zero-order valence-corrected chi connectivity index (χ0v) is 8.55. The predicted molar refractivity (Wildman–Crippen MR) is 49.4 cm³/mol. The Morgan fingerprint density at radius 2 is 2.50 bits per heavy atom. The number of aromatic nitrogens is 2. The molecule has 0 atom stereocenters. The number of nitrogens with one attached hydrogen (secondary N) is 1. The number of ether oxygens (including phenoxy) is 1. The molecule has 1 rings (SSSR count). The first kappa shape index (κ1) is 9.25. The Balaban J connectivity index is 2.93. The Morgan fingerprint density at radius 3 is 2.92 bits per heavy atom. The molecule has 0 amide bonds. The van der Waals surface area contributed by atoms with Gasteiger partial charge in [0, 0.05) is 7.05 Å². The SMILES string of the molecule is CCOC(=N)c1c(Br)cnn1C. The van der Waals surface area contributed by atoms with Gasteiger partial charge in [-0.25, -0.2) is 0 Å². The van der Waals surface area contributed by atoms with E-state index < -0.39 is 0 Å². The van der Waals surface area contributed by atoms with Gasteiger partial charge in [-0.2, -0.15) is 5.10 Å². The lowest BCUT2D eigenvalue weighted by Gasteiger charge is -2.04. The van der Waals surface area contributed by atoms with Crippen LogP contribution in [0.1, 0.15) is 12.6 Å². The minimum Gasteiger partial charge on any atom is -0.477 e. The second kappa shape index (κ2) is 3.71. The number of aryl methyl sites for hydroxylation is 1. The topological polar surface area (TPSA) is 50.9 Å². The van der Waals surface area contributed by atoms with Crippen molar-refractivity contribution in [3.8, 4) is 0 Å². The summed E-state index contributed by atoms with van der Waals surface area (Å²) in [6, 6.07) is 0. The van der Waals surface area contributed by atoms with Crippen LogP contribution in [0.3, 0.4) is 0 Å². The first-order valence-corrected chi connectivity index (χ1v) is 4.35. The molecule has 0 spiro atoms. The molecule has 0 aliphatic rings. The number of nitrogens with zero attached hydrogens (tertiary/aromatic N) is 2. The Morgan fingerprint density at radius 1 is 1.83 bits per heavy atom. The molecule has 12 heavy (non-hydrogen) atoms. The van der Waals surface area contributed by atoms with Crippen molar-refractivity contribution in [2.45, 2.75) is 6.92 Å². The molecule has 0 aliphatic heterocycles. The molecule has 0 aliphatic carbocycles. The van der Waals surface area contributed by atoms with Crippen molar-refractivity contribution >= 4 is 21.8 Å². The van der Waals surface area contributed by atoms with Gasteiger partial charge in [0.15, 0.2) is 0 Å². The normalized spacial score (nSPS) is 9.92. The van der Waals surface area contributed by atoms with Gasteiger partial charge in [0.05, 0.1) is 17.3 Å². The van der Waals surface area contributed by atoms with E-state index in [1.54, 1.807) is 17.9 Å². The average molecular weight is 232 g/mol. The van der Waals surface area contributed by atoms with E-state index in [0.717, 1.165) is 4.47 Å². The molecule has 0 bridgehead atoms. The first-order chi connectivity index (χ1) is 5.66. The first-order valence-electron chi connectivity index (χ1n) is 3.56. The standard InChI is InChI=1S/C7H10BrN3O/c1-3-12-7(9)6-5(8)4-10-11(6)2/h4,9H,3H2,1-2H3. The van der Waals surface area contributed by atoms with Crippen LogP contribution in [0, 0.1) is 5.41 Å². The van der Waals surface area contributed by atoms with Crippen molar-refractivity contribution < 1.29 is 4.74 Å². The van der Waals surface area contributed by atoms with E-state index in [2.05, 4.69) is 21.0 Å². The van der Waals surface area contributed by atoms with Crippen LogP contribution in [0.25, 0.3) is 0 Å². The minimum atomic E-state index is 0.143. The fourth-order valence-electron chi connectivity index (χ4n) is 0.879. The Bertz CT molecular complexity index is 275. The van der Waals surface area contributed by atoms with E-state index >= 15 is 0 Å². The van der Waals surface area contributed by atoms with Gasteiger partial charge >= 0.3 is 0 Å². The van der Waals surface area contributed by atoms with Crippen LogP contribution in [0.15, 0.2) is 10.7 Å². The van der Waals surface area contributed by atoms with Crippen molar-refractivity contribution in [3.05, 3.63) is 16.4 Å². The maximum absolute atomic E-state index is 7.51. The van der Waals surface area contributed by atoms with Crippen LogP contribution in [0.5, 0.6) is 0 Å². The highest BCUT2D eigenvalue weighted by Crippen LogP contribution is 2.15. The minimum absolute atomic E-state index is 0.143. The summed E-state index contributed by atoms with van der Waals surface area (Å²) < 4.78 is 7.42. The van der Waals surface area contributed by atoms with Crippen LogP contribution in [0.4, 0.5) is 0 Å². The molecule has 1 aromatic rings. The summed E-state index contributed by atoms with van der Waals surface area (Å²) in [5, 5.41) is 11.5. The summed E-state index contributed by atoms with van der Waals surface area (Å²) in [6.07, 6.45) is 1.64. The van der Waals surface area contributed by atoms with Crippen molar-refractivity contribution in [3.63, 3.8) is 0 Å². The highest BCUT2D eigenvalue weighted by molar-refractivity contribution is 9.10. The molecule has 1 heterocycles. The summed E-state index contributed by atoms with van der Waals surface area (Å²) in [6.45, 7) is 2.34. The lowest BCUT2D eigenvalue weighted by molar-refractivity contribution is 0.323. The van der Waals surface area contributed by atoms with Crippen molar-refractivity contribution in [2.24, 2.45) is 7.05 Å². The van der Waals surface area contributed by atoms with Crippen LogP contribution < -0.4 is 0 Å². The van der Waals surface area contributed by atoms with Gasteiger partial charge in [0.2, 0.25) is 5.90 Å². The van der Waals surface area contributed by atoms with Gasteiger partial charge in [-0.1, -0.05) is 0 Å². The van der Waals surface area contributed by atoms with Crippen molar-refractivity contribution in [1.82, 2.24) is 9.78 Å². The van der Waals surface area contributed by atoms with E-state index in [1.807, 2.05) is 6.92 Å². The summed E-state index contributed by atoms with van der Waals surface area (Å²) in [5.74, 6) is 0.143. The molecule has 0 saturated carbocycles. The predicted octanol–water partition coefficient (Wildman–Crippen LogP) is 1.54. The zero-order chi connectivity index (χ0) is 9.14. The highest BCUT2D eigenvalue weighted by Gasteiger charge is 2.11. The maximum atomic E-state index is 7.51. The quantitative estimate of drug-likeness (QED) is 0.621. The number of hydrogen-bond donors (Lipinski definition) is 1. The van der Waals surface area contributed by atoms with Crippen molar-refractivity contribution in [2.75, 3.05) is 6.61 Å². The summed E-state index contributed by atoms with van der Waals surface area (Å²) in [5.41, 5.74) is 0.664. The summed E-state index contributed by atoms with van der Waals surface area (Å²) in [7, 11) is 1.77. The van der Waals surface area contributed by atoms with Gasteiger partial charge in [-0.15, -0.1) is 0 Å². The van der Waals surface area contributed by atoms with Gasteiger partial charge in [0.25, 0.3) is 0 Å². The monoisotopic (exact) mass is 231 g/mol. The van der Waals surface area contributed by atoms with E-state index in [9.17, 15) is 0 Å². The van der Waals surface area contributed by atoms with Gasteiger partial charge < -0.3 is 4.74 Å². The van der Waals surface area contributed by atoms with Crippen LogP contribution in [-0.4, -0.2) is 22.3 Å². The third-order valence-electron chi connectivity index (χ3n) is 1.40. The third-order valence-corrected chi connectivity index (χ3v) is 1.98. The molecule has 66 valence electrons. The number of halogens is 1. The Labute approximate surface area is 79.2 Å². The molecule has 0 aromatic carbocycles. The molecule has 4 nitrogen and oxygen atoms in total. The molecule has 1 aromatic heterocycles. The summed E-state index contributed by atoms with van der Waals surface area (Å²) >= 11 is 3.28. The smallest absolute Gasteiger partial charge is 0.233 e. The summed E-state index contributed by atoms with van der Waals surface area (Å²) in [4.78, 5) is 0. The highest BCUT2D eigenvalue weighted by atomic mass is 79.9. The zero-order valence-electron chi connectivity index (χ0n) is 6.97. The third kappa shape index (κ3) is 1.66. The molecule has 0 radical (unpaired) electrons. The van der Waals surface area contributed by atoms with Crippen molar-refractivity contribution in [1.29, 1.82) is 5.41 Å². The average Bonchev–Trinajstić information content (AvgIpc) is 2.32. The van der Waals surface area contributed by atoms with Gasteiger partial charge in [0.1, 0.15) is 5.69 Å². The van der Waals surface area contributed by atoms with Crippen LogP contribution in [0.2, 0.25) is 0 Å². The lowest BCUT2D eigenvalue weighted by Crippen LogP contribution is -2.11. The van der Waals surface area contributed by atoms with Gasteiger partial charge in [-0.05, 0) is 22.9 Å². The van der Waals surface area contributed by atoms with E-state index in [-0.39, 0.29) is 5.90 Å². The Hall–Kier alpha value is -0.840. The number of hydrogen-bond acceptors (Lipinski definition) is 3. The molecule has 0 unspecified atom stereocenters. The number of rotatable bonds is 2. The molecule has 5 heteroatoms. The van der Waals surface area contributed by atoms with Crippen LogP contribution in [-0.2, 0) is 11.8 Å². The van der Waals surface area contributed by atoms with Gasteiger partial charge in [-0.3, -0.25) is 10.1 Å². The lowest BCUT2D eigenvalue weighted by atomic mass is 10.4. The molecular weight excluding hydrogens is 222 g/mol. The maximum Gasteiger partial charge on any atom is 0.233 e. The second-order valence-electron chi connectivity index (χ2n) is 2.23. The second-order valence-corrected chi connectivity index (χ2v) is 3.08. The fourth-order valence-corrected chi connectivity index (χ4v) is 1.41. The molecular formula is C7H10BrN3O. The van der Waals surface area contributed by atoms with E-state index in [1.165, 1.54) is 0 Å². The molecule has 0 fully saturated rings. The van der Waals surface area contributed by atoms with E-state index in [0.29, 0.717) is 12.3 Å².